The summed E-state index contributed by atoms with van der Waals surface area (Å²) in [5, 5.41) is 7.06. The van der Waals surface area contributed by atoms with Gasteiger partial charge in [0.05, 0.1) is 33.6 Å². The molecule has 3 heterocycles. The quantitative estimate of drug-likeness (QED) is 0.108. The Morgan fingerprint density at radius 3 is 2.25 bits per heavy atom. The molecular formula is C41H48N8O7. The van der Waals surface area contributed by atoms with Crippen LogP contribution in [-0.2, 0) is 0 Å². The normalized spacial score (nSPS) is 13.4. The summed E-state index contributed by atoms with van der Waals surface area (Å²) in [5.41, 5.74) is 3.34. The number of para-hydroxylation sites is 1. The second-order valence-corrected chi connectivity index (χ2v) is 13.3. The first kappa shape index (κ1) is 39.5. The maximum Gasteiger partial charge on any atom is 0.425 e. The minimum Gasteiger partial charge on any atom is -0.495 e. The van der Waals surface area contributed by atoms with Crippen LogP contribution >= 0.6 is 0 Å². The number of rotatable bonds is 15. The van der Waals surface area contributed by atoms with Crippen molar-refractivity contribution in [3.63, 3.8) is 0 Å². The zero-order valence-electron chi connectivity index (χ0n) is 32.9. The van der Waals surface area contributed by atoms with Crippen LogP contribution < -0.4 is 33.9 Å². The molecule has 3 aromatic carbocycles. The summed E-state index contributed by atoms with van der Waals surface area (Å²) in [6, 6.07) is 16.2. The lowest BCUT2D eigenvalue weighted by molar-refractivity contribution is 0.144. The van der Waals surface area contributed by atoms with Gasteiger partial charge in [-0.2, -0.15) is 9.97 Å². The van der Waals surface area contributed by atoms with Crippen LogP contribution in [0.1, 0.15) is 34.8 Å². The average molecular weight is 765 g/mol. The van der Waals surface area contributed by atoms with E-state index in [1.54, 1.807) is 69.8 Å². The van der Waals surface area contributed by atoms with Crippen molar-refractivity contribution in [2.24, 2.45) is 0 Å². The van der Waals surface area contributed by atoms with Crippen LogP contribution in [0.3, 0.4) is 0 Å². The molecule has 0 spiro atoms. The number of hydrogen-bond donors (Lipinski definition) is 1. The summed E-state index contributed by atoms with van der Waals surface area (Å²) in [6.45, 7) is 11.2. The van der Waals surface area contributed by atoms with Gasteiger partial charge in [-0.1, -0.05) is 29.4 Å². The number of amides is 1. The topological polar surface area (TPSA) is 150 Å². The predicted octanol–water partition coefficient (Wildman–Crippen LogP) is 7.08. The van der Waals surface area contributed by atoms with Gasteiger partial charge in [0, 0.05) is 68.9 Å². The summed E-state index contributed by atoms with van der Waals surface area (Å²) in [7, 11) is 6.83. The van der Waals surface area contributed by atoms with Gasteiger partial charge in [0.15, 0.2) is 17.3 Å². The van der Waals surface area contributed by atoms with E-state index in [1.165, 1.54) is 12.0 Å². The van der Waals surface area contributed by atoms with E-state index in [0.29, 0.717) is 58.4 Å². The minimum atomic E-state index is -0.701. The maximum absolute atomic E-state index is 14.2. The molecule has 0 aliphatic carbocycles. The number of nitrogens with zero attached hydrogens (tertiary/aromatic N) is 7. The van der Waals surface area contributed by atoms with Gasteiger partial charge in [-0.25, -0.2) is 14.7 Å². The smallest absolute Gasteiger partial charge is 0.425 e. The standard InChI is InChI=1S/C41H48N8O7/c1-27-10-8-11-28(2)38(27)55-41(50)49(32-14-12-30(24-33(32)51-5)13-15-37-43-29(3)46-56-37)36-16-17-42-40(45-36)44-31-25-34(52-6)39(35(26-31)53-7)54-23-9-18-48-21-19-47(4)20-22-48/h8,10-17,24-26H,9,18-23H2,1-7H3,(H,42,44,45)/b15-13+. The predicted molar refractivity (Wildman–Crippen MR) is 214 cm³/mol. The van der Waals surface area contributed by atoms with Gasteiger partial charge >= 0.3 is 6.09 Å². The molecule has 1 aliphatic heterocycles. The van der Waals surface area contributed by atoms with Crippen molar-refractivity contribution < 1.29 is 33.0 Å². The molecule has 1 saturated heterocycles. The number of likely N-dealkylation sites (N-methyl/N-ethyl adjacent to an activating group) is 1. The van der Waals surface area contributed by atoms with Crippen LogP contribution in [0.5, 0.6) is 28.7 Å². The van der Waals surface area contributed by atoms with Gasteiger partial charge in [-0.3, -0.25) is 0 Å². The first-order valence-corrected chi connectivity index (χ1v) is 18.3. The number of hydrogen-bond acceptors (Lipinski definition) is 14. The lowest BCUT2D eigenvalue weighted by Gasteiger charge is -2.32. The third kappa shape index (κ3) is 9.72. The number of anilines is 4. The Balaban J connectivity index is 1.27. The number of aromatic nitrogens is 4. The van der Waals surface area contributed by atoms with Crippen LogP contribution in [0.4, 0.5) is 27.9 Å². The lowest BCUT2D eigenvalue weighted by atomic mass is 10.1. The summed E-state index contributed by atoms with van der Waals surface area (Å²) < 4.78 is 34.7. The highest BCUT2D eigenvalue weighted by molar-refractivity contribution is 5.98. The van der Waals surface area contributed by atoms with Crippen molar-refractivity contribution in [3.05, 3.63) is 89.2 Å². The van der Waals surface area contributed by atoms with Crippen LogP contribution in [0, 0.1) is 20.8 Å². The second kappa shape index (κ2) is 18.4. The molecule has 5 aromatic rings. The molecule has 0 radical (unpaired) electrons. The first-order valence-electron chi connectivity index (χ1n) is 18.3. The molecule has 1 aliphatic rings. The van der Waals surface area contributed by atoms with E-state index in [0.717, 1.165) is 55.8 Å². The van der Waals surface area contributed by atoms with Crippen molar-refractivity contribution in [1.29, 1.82) is 0 Å². The number of benzene rings is 3. The molecule has 0 bridgehead atoms. The number of nitrogens with one attached hydrogen (secondary N) is 1. The molecule has 1 fully saturated rings. The number of carbonyl (C=O) groups is 1. The van der Waals surface area contributed by atoms with Gasteiger partial charge in [-0.05, 0) is 69.1 Å². The van der Waals surface area contributed by atoms with Crippen LogP contribution in [0.2, 0.25) is 0 Å². The number of aryl methyl sites for hydroxylation is 3. The molecule has 1 amide bonds. The van der Waals surface area contributed by atoms with Gasteiger partial charge in [0.1, 0.15) is 17.3 Å². The Hall–Kier alpha value is -6.19. The summed E-state index contributed by atoms with van der Waals surface area (Å²) in [4.78, 5) is 33.8. The van der Waals surface area contributed by atoms with Gasteiger partial charge in [-0.15, -0.1) is 0 Å². The maximum atomic E-state index is 14.2. The van der Waals surface area contributed by atoms with Crippen molar-refractivity contribution in [2.75, 3.05) is 77.9 Å². The molecule has 294 valence electrons. The number of carbonyl (C=O) groups excluding carboxylic acids is 1. The number of ether oxygens (including phenoxy) is 5. The van der Waals surface area contributed by atoms with Crippen LogP contribution in [0.15, 0.2) is 65.3 Å². The molecule has 1 N–H and O–H groups in total. The molecule has 0 saturated carbocycles. The van der Waals surface area contributed by atoms with E-state index in [2.05, 4.69) is 37.3 Å². The Kier molecular flexibility index (Phi) is 13.0. The van der Waals surface area contributed by atoms with E-state index in [1.807, 2.05) is 38.1 Å². The van der Waals surface area contributed by atoms with Crippen molar-refractivity contribution in [1.82, 2.24) is 29.9 Å². The molecule has 15 heteroatoms. The van der Waals surface area contributed by atoms with Gasteiger partial charge < -0.3 is 43.3 Å². The molecule has 0 atom stereocenters. The Labute approximate surface area is 326 Å². The highest BCUT2D eigenvalue weighted by Crippen LogP contribution is 2.41. The molecule has 2 aromatic heterocycles. The van der Waals surface area contributed by atoms with Crippen LogP contribution in [0.25, 0.3) is 12.2 Å². The first-order chi connectivity index (χ1) is 27.1. The SMILES string of the molecule is COc1cc(/C=C/c2nc(C)no2)ccc1N(C(=O)Oc1c(C)cccc1C)c1ccnc(Nc2cc(OC)c(OCCCN3CCN(C)CC3)c(OC)c2)n1. The van der Waals surface area contributed by atoms with E-state index >= 15 is 0 Å². The molecule has 56 heavy (non-hydrogen) atoms. The van der Waals surface area contributed by atoms with E-state index < -0.39 is 6.09 Å². The second-order valence-electron chi connectivity index (χ2n) is 13.3. The molecule has 0 unspecified atom stereocenters. The number of piperazine rings is 1. The molecular weight excluding hydrogens is 716 g/mol. The highest BCUT2D eigenvalue weighted by atomic mass is 16.6. The van der Waals surface area contributed by atoms with Gasteiger partial charge in [0.2, 0.25) is 11.7 Å². The third-order valence-electron chi connectivity index (χ3n) is 9.23. The fraction of sp³-hybridized carbons (Fsp3) is 0.341. The van der Waals surface area contributed by atoms with E-state index in [4.69, 9.17) is 33.2 Å². The van der Waals surface area contributed by atoms with E-state index in [-0.39, 0.29) is 11.8 Å². The molecule has 6 rings (SSSR count). The lowest BCUT2D eigenvalue weighted by Crippen LogP contribution is -2.44. The Morgan fingerprint density at radius 2 is 1.59 bits per heavy atom. The fourth-order valence-corrected chi connectivity index (χ4v) is 6.23. The summed E-state index contributed by atoms with van der Waals surface area (Å²) >= 11 is 0. The zero-order valence-corrected chi connectivity index (χ0v) is 32.9. The monoisotopic (exact) mass is 764 g/mol. The minimum absolute atomic E-state index is 0.200. The van der Waals surface area contributed by atoms with Gasteiger partial charge in [0.25, 0.3) is 5.89 Å². The van der Waals surface area contributed by atoms with Crippen molar-refractivity contribution in [2.45, 2.75) is 27.2 Å². The molecule has 15 nitrogen and oxygen atoms in total. The Morgan fingerprint density at radius 1 is 0.875 bits per heavy atom. The van der Waals surface area contributed by atoms with E-state index in [9.17, 15) is 4.79 Å². The van der Waals surface area contributed by atoms with Crippen molar-refractivity contribution >= 4 is 41.4 Å². The highest BCUT2D eigenvalue weighted by Gasteiger charge is 2.27. The van der Waals surface area contributed by atoms with Crippen molar-refractivity contribution in [3.8, 4) is 28.7 Å². The fourth-order valence-electron chi connectivity index (χ4n) is 6.23. The Bertz CT molecular complexity index is 2100. The van der Waals surface area contributed by atoms with Crippen LogP contribution in [-0.4, -0.2) is 104 Å². The zero-order chi connectivity index (χ0) is 39.6. The largest absolute Gasteiger partial charge is 0.495 e. The average Bonchev–Trinajstić information content (AvgIpc) is 3.63. The summed E-state index contributed by atoms with van der Waals surface area (Å²) in [5.74, 6) is 3.61. The summed E-state index contributed by atoms with van der Waals surface area (Å²) in [6.07, 6.45) is 5.21. The third-order valence-corrected chi connectivity index (χ3v) is 9.23. The number of methoxy groups -OCH3 is 3.